The normalized spacial score (nSPS) is 17.0. The molecule has 0 saturated heterocycles. The van der Waals surface area contributed by atoms with Gasteiger partial charge in [-0.15, -0.1) is 0 Å². The molecule has 1 aliphatic heterocycles. The Balaban J connectivity index is 1.97. The number of methoxy groups -OCH3 is 1. The highest BCUT2D eigenvalue weighted by molar-refractivity contribution is 5.69. The van der Waals surface area contributed by atoms with Crippen LogP contribution in [0.3, 0.4) is 0 Å². The molecule has 142 valence electrons. The van der Waals surface area contributed by atoms with Crippen molar-refractivity contribution in [2.24, 2.45) is 0 Å². The molecule has 5 rings (SSSR count). The molecule has 4 aromatic rings. The van der Waals surface area contributed by atoms with Gasteiger partial charge in [-0.05, 0) is 47.5 Å². The summed E-state index contributed by atoms with van der Waals surface area (Å²) in [5.41, 5.74) is 3.04. The first kappa shape index (κ1) is 17.5. The Morgan fingerprint density at radius 3 is 2.21 bits per heavy atom. The Morgan fingerprint density at radius 1 is 0.690 bits per heavy atom. The molecular formula is C26H19FO2. The molecule has 29 heavy (non-hydrogen) atoms. The highest BCUT2D eigenvalue weighted by atomic mass is 19.1. The Hall–Kier alpha value is -3.59. The highest BCUT2D eigenvalue weighted by Gasteiger charge is 2.45. The van der Waals surface area contributed by atoms with Gasteiger partial charge in [-0.1, -0.05) is 60.7 Å². The van der Waals surface area contributed by atoms with E-state index < -0.39 is 5.41 Å². The lowest BCUT2D eigenvalue weighted by Gasteiger charge is -2.41. The standard InChI is InChI=1S/C26H19FO2/c1-28-21-14-15-25-23(17-21)26(18-8-3-2-4-9-18,19-10-7-11-20(27)16-19)22-12-5-6-13-24(22)29-25/h2-17H,1H3. The van der Waals surface area contributed by atoms with E-state index in [0.29, 0.717) is 0 Å². The van der Waals surface area contributed by atoms with Crippen molar-refractivity contribution in [3.63, 3.8) is 0 Å². The topological polar surface area (TPSA) is 18.5 Å². The van der Waals surface area contributed by atoms with E-state index in [1.807, 2.05) is 60.7 Å². The zero-order chi connectivity index (χ0) is 19.8. The third kappa shape index (κ3) is 2.62. The van der Waals surface area contributed by atoms with E-state index in [4.69, 9.17) is 9.47 Å². The van der Waals surface area contributed by atoms with Crippen molar-refractivity contribution in [1.82, 2.24) is 0 Å². The van der Waals surface area contributed by atoms with Crippen molar-refractivity contribution in [2.75, 3.05) is 7.11 Å². The van der Waals surface area contributed by atoms with E-state index in [2.05, 4.69) is 18.2 Å². The molecule has 0 N–H and O–H groups in total. The molecule has 1 unspecified atom stereocenters. The summed E-state index contributed by atoms with van der Waals surface area (Å²) in [4.78, 5) is 0. The highest BCUT2D eigenvalue weighted by Crippen LogP contribution is 2.55. The SMILES string of the molecule is COc1ccc2c(c1)C(c1ccccc1)(c1cccc(F)c1)c1ccccc1O2. The lowest BCUT2D eigenvalue weighted by molar-refractivity contribution is 0.404. The maximum Gasteiger partial charge on any atom is 0.132 e. The van der Waals surface area contributed by atoms with Crippen LogP contribution in [0, 0.1) is 5.82 Å². The molecule has 0 radical (unpaired) electrons. The van der Waals surface area contributed by atoms with Crippen molar-refractivity contribution in [3.8, 4) is 17.2 Å². The van der Waals surface area contributed by atoms with E-state index in [1.165, 1.54) is 6.07 Å². The maximum absolute atomic E-state index is 14.4. The Bertz CT molecular complexity index is 1190. The van der Waals surface area contributed by atoms with Crippen molar-refractivity contribution >= 4 is 0 Å². The van der Waals surface area contributed by atoms with Gasteiger partial charge in [-0.25, -0.2) is 4.39 Å². The number of halogens is 1. The van der Waals surface area contributed by atoms with Crippen LogP contribution >= 0.6 is 0 Å². The molecule has 0 bridgehead atoms. The van der Waals surface area contributed by atoms with Crippen LogP contribution in [-0.2, 0) is 5.41 Å². The monoisotopic (exact) mass is 382 g/mol. The summed E-state index contributed by atoms with van der Waals surface area (Å²) in [7, 11) is 1.64. The molecule has 1 atom stereocenters. The van der Waals surface area contributed by atoms with Gasteiger partial charge in [0.25, 0.3) is 0 Å². The molecule has 0 aliphatic carbocycles. The predicted molar refractivity (Wildman–Crippen MR) is 111 cm³/mol. The first-order valence-corrected chi connectivity index (χ1v) is 9.51. The van der Waals surface area contributed by atoms with Crippen LogP contribution in [0.2, 0.25) is 0 Å². The molecule has 4 aromatic carbocycles. The lowest BCUT2D eigenvalue weighted by Crippen LogP contribution is -2.34. The second kappa shape index (κ2) is 6.78. The molecule has 3 heteroatoms. The predicted octanol–water partition coefficient (Wildman–Crippen LogP) is 6.32. The van der Waals surface area contributed by atoms with Crippen LogP contribution in [0.5, 0.6) is 17.2 Å². The van der Waals surface area contributed by atoms with Crippen LogP contribution in [0.15, 0.2) is 97.1 Å². The average Bonchev–Trinajstić information content (AvgIpc) is 2.77. The molecule has 0 aromatic heterocycles. The fourth-order valence-corrected chi connectivity index (χ4v) is 4.35. The number of hydrogen-bond donors (Lipinski definition) is 0. The summed E-state index contributed by atoms with van der Waals surface area (Å²) in [6, 6.07) is 30.7. The van der Waals surface area contributed by atoms with Crippen LogP contribution in [-0.4, -0.2) is 7.11 Å². The van der Waals surface area contributed by atoms with Gasteiger partial charge in [0.05, 0.1) is 12.5 Å². The van der Waals surface area contributed by atoms with Crippen molar-refractivity contribution in [3.05, 3.63) is 125 Å². The molecular weight excluding hydrogens is 363 g/mol. The van der Waals surface area contributed by atoms with Gasteiger partial charge in [0.2, 0.25) is 0 Å². The third-order valence-corrected chi connectivity index (χ3v) is 5.57. The number of para-hydroxylation sites is 1. The van der Waals surface area contributed by atoms with Crippen molar-refractivity contribution < 1.29 is 13.9 Å². The van der Waals surface area contributed by atoms with Gasteiger partial charge in [0, 0.05) is 11.1 Å². The second-order valence-electron chi connectivity index (χ2n) is 7.09. The van der Waals surface area contributed by atoms with Crippen LogP contribution in [0.1, 0.15) is 22.3 Å². The van der Waals surface area contributed by atoms with Crippen LogP contribution in [0.25, 0.3) is 0 Å². The van der Waals surface area contributed by atoms with Crippen molar-refractivity contribution in [2.45, 2.75) is 5.41 Å². The summed E-state index contributed by atoms with van der Waals surface area (Å²) in [5, 5.41) is 0. The Kier molecular flexibility index (Phi) is 4.09. The fourth-order valence-electron chi connectivity index (χ4n) is 4.35. The van der Waals surface area contributed by atoms with E-state index in [1.54, 1.807) is 19.2 Å². The summed E-state index contributed by atoms with van der Waals surface area (Å²) in [6.45, 7) is 0. The number of rotatable bonds is 3. The zero-order valence-electron chi connectivity index (χ0n) is 15.9. The molecule has 0 amide bonds. The minimum absolute atomic E-state index is 0.272. The van der Waals surface area contributed by atoms with E-state index in [9.17, 15) is 4.39 Å². The molecule has 0 fully saturated rings. The third-order valence-electron chi connectivity index (χ3n) is 5.57. The van der Waals surface area contributed by atoms with Gasteiger partial charge >= 0.3 is 0 Å². The number of benzene rings is 4. The van der Waals surface area contributed by atoms with Crippen LogP contribution in [0.4, 0.5) is 4.39 Å². The quantitative estimate of drug-likeness (QED) is 0.363. The molecule has 0 saturated carbocycles. The first-order valence-electron chi connectivity index (χ1n) is 9.51. The minimum Gasteiger partial charge on any atom is -0.497 e. The summed E-state index contributed by atoms with van der Waals surface area (Å²) >= 11 is 0. The molecule has 0 spiro atoms. The summed E-state index contributed by atoms with van der Waals surface area (Å²) < 4.78 is 26.2. The second-order valence-corrected chi connectivity index (χ2v) is 7.09. The smallest absolute Gasteiger partial charge is 0.132 e. The fraction of sp³-hybridized carbons (Fsp3) is 0.0769. The summed E-state index contributed by atoms with van der Waals surface area (Å²) in [5.74, 6) is 1.95. The van der Waals surface area contributed by atoms with E-state index in [-0.39, 0.29) is 5.82 Å². The van der Waals surface area contributed by atoms with Gasteiger partial charge in [-0.2, -0.15) is 0 Å². The average molecular weight is 382 g/mol. The van der Waals surface area contributed by atoms with E-state index in [0.717, 1.165) is 39.5 Å². The Labute approximate surface area is 169 Å². The molecule has 2 nitrogen and oxygen atoms in total. The van der Waals surface area contributed by atoms with Crippen LogP contribution < -0.4 is 9.47 Å². The number of fused-ring (bicyclic) bond motifs is 2. The molecule has 1 aliphatic rings. The largest absolute Gasteiger partial charge is 0.497 e. The molecule has 1 heterocycles. The van der Waals surface area contributed by atoms with Crippen molar-refractivity contribution in [1.29, 1.82) is 0 Å². The lowest BCUT2D eigenvalue weighted by atomic mass is 9.63. The minimum atomic E-state index is -0.734. The number of ether oxygens (including phenoxy) is 2. The zero-order valence-corrected chi connectivity index (χ0v) is 15.9. The van der Waals surface area contributed by atoms with Gasteiger partial charge in [0.15, 0.2) is 0 Å². The summed E-state index contributed by atoms with van der Waals surface area (Å²) in [6.07, 6.45) is 0. The van der Waals surface area contributed by atoms with Gasteiger partial charge in [0.1, 0.15) is 23.1 Å². The van der Waals surface area contributed by atoms with Gasteiger partial charge in [-0.3, -0.25) is 0 Å². The van der Waals surface area contributed by atoms with E-state index >= 15 is 0 Å². The first-order chi connectivity index (χ1) is 14.2. The van der Waals surface area contributed by atoms with Gasteiger partial charge < -0.3 is 9.47 Å². The number of hydrogen-bond acceptors (Lipinski definition) is 2. The Morgan fingerprint density at radius 2 is 1.41 bits per heavy atom. The maximum atomic E-state index is 14.4.